The van der Waals surface area contributed by atoms with E-state index >= 15 is 0 Å². The van der Waals surface area contributed by atoms with Crippen molar-refractivity contribution in [2.75, 3.05) is 11.4 Å². The Kier molecular flexibility index (Phi) is 5.52. The molecule has 2 rings (SSSR count). The van der Waals surface area contributed by atoms with E-state index in [0.717, 1.165) is 38.6 Å². The normalized spacial score (nSPS) is 22.0. The van der Waals surface area contributed by atoms with Crippen molar-refractivity contribution in [3.8, 4) is 0 Å². The standard InChI is InChI=1S/C14H21BrN4O2/c1-2-7-18(12-5-3-11(16)4-6-12)14-13(19(20)21)8-10(15)9-17-14/h8-9,11-12H,2-7,16H2,1H3. The van der Waals surface area contributed by atoms with Crippen molar-refractivity contribution in [2.45, 2.75) is 51.1 Å². The van der Waals surface area contributed by atoms with Crippen LogP contribution in [-0.2, 0) is 0 Å². The summed E-state index contributed by atoms with van der Waals surface area (Å²) >= 11 is 3.25. The molecule has 0 aliphatic heterocycles. The summed E-state index contributed by atoms with van der Waals surface area (Å²) in [4.78, 5) is 17.4. The van der Waals surface area contributed by atoms with Crippen LogP contribution in [0.15, 0.2) is 16.7 Å². The van der Waals surface area contributed by atoms with Crippen LogP contribution in [0.2, 0.25) is 0 Å². The van der Waals surface area contributed by atoms with Gasteiger partial charge in [0, 0.05) is 35.4 Å². The Labute approximate surface area is 133 Å². The minimum Gasteiger partial charge on any atom is -0.348 e. The number of halogens is 1. The second-order valence-electron chi connectivity index (χ2n) is 5.52. The van der Waals surface area contributed by atoms with Gasteiger partial charge in [0.15, 0.2) is 0 Å². The Bertz CT molecular complexity index is 504. The largest absolute Gasteiger partial charge is 0.348 e. The summed E-state index contributed by atoms with van der Waals surface area (Å²) < 4.78 is 0.625. The molecule has 1 fully saturated rings. The third-order valence-corrected chi connectivity index (χ3v) is 4.36. The first-order chi connectivity index (χ1) is 10.0. The van der Waals surface area contributed by atoms with Gasteiger partial charge in [0.2, 0.25) is 5.82 Å². The molecule has 0 bridgehead atoms. The molecule has 6 nitrogen and oxygen atoms in total. The highest BCUT2D eigenvalue weighted by Crippen LogP contribution is 2.33. The first-order valence-corrected chi connectivity index (χ1v) is 8.14. The van der Waals surface area contributed by atoms with Crippen LogP contribution in [0.4, 0.5) is 11.5 Å². The molecule has 1 aliphatic rings. The van der Waals surface area contributed by atoms with Crippen molar-refractivity contribution in [2.24, 2.45) is 5.73 Å². The topological polar surface area (TPSA) is 85.3 Å². The van der Waals surface area contributed by atoms with E-state index in [2.05, 4.69) is 32.7 Å². The number of aromatic nitrogens is 1. The highest BCUT2D eigenvalue weighted by atomic mass is 79.9. The zero-order valence-electron chi connectivity index (χ0n) is 12.2. The van der Waals surface area contributed by atoms with Crippen molar-refractivity contribution >= 4 is 27.4 Å². The quantitative estimate of drug-likeness (QED) is 0.646. The lowest BCUT2D eigenvalue weighted by Gasteiger charge is -2.36. The van der Waals surface area contributed by atoms with Gasteiger partial charge in [-0.2, -0.15) is 0 Å². The predicted molar refractivity (Wildman–Crippen MR) is 86.5 cm³/mol. The van der Waals surface area contributed by atoms with Gasteiger partial charge in [-0.1, -0.05) is 6.92 Å². The molecule has 7 heteroatoms. The van der Waals surface area contributed by atoms with Crippen molar-refractivity contribution in [1.82, 2.24) is 4.98 Å². The average molecular weight is 357 g/mol. The SMILES string of the molecule is CCCN(c1ncc(Br)cc1[N+](=O)[O-])C1CCC(N)CC1. The van der Waals surface area contributed by atoms with Crippen LogP contribution >= 0.6 is 15.9 Å². The number of nitro groups is 1. The Morgan fingerprint density at radius 1 is 1.48 bits per heavy atom. The summed E-state index contributed by atoms with van der Waals surface area (Å²) in [5.41, 5.74) is 6.02. The van der Waals surface area contributed by atoms with Crippen LogP contribution in [0.5, 0.6) is 0 Å². The molecule has 0 amide bonds. The van der Waals surface area contributed by atoms with E-state index in [4.69, 9.17) is 5.73 Å². The third kappa shape index (κ3) is 3.91. The lowest BCUT2D eigenvalue weighted by atomic mass is 9.90. The Morgan fingerprint density at radius 2 is 2.14 bits per heavy atom. The molecular weight excluding hydrogens is 336 g/mol. The van der Waals surface area contributed by atoms with E-state index in [1.54, 1.807) is 6.20 Å². The molecular formula is C14H21BrN4O2. The zero-order valence-corrected chi connectivity index (χ0v) is 13.8. The second-order valence-corrected chi connectivity index (χ2v) is 6.43. The number of anilines is 1. The van der Waals surface area contributed by atoms with Crippen LogP contribution in [0.25, 0.3) is 0 Å². The van der Waals surface area contributed by atoms with Gasteiger partial charge in [-0.15, -0.1) is 0 Å². The second kappa shape index (κ2) is 7.17. The van der Waals surface area contributed by atoms with Crippen molar-refractivity contribution < 1.29 is 4.92 Å². The van der Waals surface area contributed by atoms with E-state index in [1.807, 2.05) is 0 Å². The van der Waals surface area contributed by atoms with E-state index in [1.165, 1.54) is 6.07 Å². The molecule has 116 valence electrons. The molecule has 0 atom stereocenters. The average Bonchev–Trinajstić information content (AvgIpc) is 2.46. The van der Waals surface area contributed by atoms with E-state index < -0.39 is 0 Å². The van der Waals surface area contributed by atoms with E-state index in [0.29, 0.717) is 10.3 Å². The van der Waals surface area contributed by atoms with Gasteiger partial charge < -0.3 is 10.6 Å². The Morgan fingerprint density at radius 3 is 2.71 bits per heavy atom. The predicted octanol–water partition coefficient (Wildman–Crippen LogP) is 3.24. The first-order valence-electron chi connectivity index (χ1n) is 7.35. The molecule has 0 spiro atoms. The maximum Gasteiger partial charge on any atom is 0.312 e. The smallest absolute Gasteiger partial charge is 0.312 e. The summed E-state index contributed by atoms with van der Waals surface area (Å²) in [6.45, 7) is 2.85. The van der Waals surface area contributed by atoms with Gasteiger partial charge in [-0.25, -0.2) is 4.98 Å². The highest BCUT2D eigenvalue weighted by Gasteiger charge is 2.29. The van der Waals surface area contributed by atoms with Crippen molar-refractivity contribution in [3.63, 3.8) is 0 Å². The molecule has 21 heavy (non-hydrogen) atoms. The van der Waals surface area contributed by atoms with E-state index in [-0.39, 0.29) is 22.7 Å². The van der Waals surface area contributed by atoms with Gasteiger partial charge in [0.05, 0.1) is 4.92 Å². The monoisotopic (exact) mass is 356 g/mol. The van der Waals surface area contributed by atoms with Gasteiger partial charge >= 0.3 is 5.69 Å². The van der Waals surface area contributed by atoms with Gasteiger partial charge in [0.1, 0.15) is 0 Å². The summed E-state index contributed by atoms with van der Waals surface area (Å²) in [6, 6.07) is 2.08. The fourth-order valence-electron chi connectivity index (χ4n) is 2.89. The molecule has 0 unspecified atom stereocenters. The first kappa shape index (κ1) is 16.2. The number of rotatable bonds is 5. The summed E-state index contributed by atoms with van der Waals surface area (Å²) in [6.07, 6.45) is 6.42. The number of hydrogen-bond donors (Lipinski definition) is 1. The molecule has 0 aromatic carbocycles. The van der Waals surface area contributed by atoms with E-state index in [9.17, 15) is 10.1 Å². The van der Waals surface area contributed by atoms with Gasteiger partial charge in [-0.3, -0.25) is 10.1 Å². The number of nitrogens with two attached hydrogens (primary N) is 1. The molecule has 1 heterocycles. The molecule has 1 saturated carbocycles. The van der Waals surface area contributed by atoms with Gasteiger partial charge in [0.25, 0.3) is 0 Å². The zero-order chi connectivity index (χ0) is 15.4. The number of pyridine rings is 1. The minimum absolute atomic E-state index is 0.0627. The number of nitrogens with zero attached hydrogens (tertiary/aromatic N) is 3. The Hall–Kier alpha value is -1.21. The minimum atomic E-state index is -0.357. The van der Waals surface area contributed by atoms with Crippen molar-refractivity contribution in [1.29, 1.82) is 0 Å². The fraction of sp³-hybridized carbons (Fsp3) is 0.643. The maximum atomic E-state index is 11.3. The fourth-order valence-corrected chi connectivity index (χ4v) is 3.21. The molecule has 1 aromatic rings. The molecule has 2 N–H and O–H groups in total. The molecule has 0 radical (unpaired) electrons. The molecule has 0 saturated heterocycles. The Balaban J connectivity index is 2.31. The highest BCUT2D eigenvalue weighted by molar-refractivity contribution is 9.10. The van der Waals surface area contributed by atoms with Crippen LogP contribution in [0.3, 0.4) is 0 Å². The maximum absolute atomic E-state index is 11.3. The lowest BCUT2D eigenvalue weighted by Crippen LogP contribution is -2.42. The summed E-state index contributed by atoms with van der Waals surface area (Å²) in [5.74, 6) is 0.477. The van der Waals surface area contributed by atoms with Crippen LogP contribution in [0.1, 0.15) is 39.0 Å². The van der Waals surface area contributed by atoms with Gasteiger partial charge in [-0.05, 0) is 48.0 Å². The summed E-state index contributed by atoms with van der Waals surface area (Å²) in [5, 5.41) is 11.3. The van der Waals surface area contributed by atoms with Crippen LogP contribution < -0.4 is 10.6 Å². The molecule has 1 aliphatic carbocycles. The molecule has 1 aromatic heterocycles. The lowest BCUT2D eigenvalue weighted by molar-refractivity contribution is -0.384. The third-order valence-electron chi connectivity index (χ3n) is 3.93. The number of hydrogen-bond acceptors (Lipinski definition) is 5. The van der Waals surface area contributed by atoms with Crippen molar-refractivity contribution in [3.05, 3.63) is 26.9 Å². The summed E-state index contributed by atoms with van der Waals surface area (Å²) in [7, 11) is 0. The van der Waals surface area contributed by atoms with Crippen LogP contribution in [-0.4, -0.2) is 28.5 Å². The van der Waals surface area contributed by atoms with Crippen LogP contribution in [0, 0.1) is 10.1 Å².